The summed E-state index contributed by atoms with van der Waals surface area (Å²) in [6.07, 6.45) is 1.46. The molecule has 0 spiro atoms. The molecule has 0 bridgehead atoms. The normalized spacial score (nSPS) is 14.7. The van der Waals surface area contributed by atoms with Crippen molar-refractivity contribution in [3.05, 3.63) is 36.4 Å². The Morgan fingerprint density at radius 2 is 2.17 bits per heavy atom. The number of carbonyl (C=O) groups is 1. The molecule has 1 amide bonds. The van der Waals surface area contributed by atoms with Crippen LogP contribution in [-0.4, -0.2) is 44.0 Å². The number of aryl methyl sites for hydroxylation is 1. The van der Waals surface area contributed by atoms with Crippen LogP contribution in [0.25, 0.3) is 11.2 Å². The van der Waals surface area contributed by atoms with Gasteiger partial charge in [0.2, 0.25) is 5.91 Å². The minimum absolute atomic E-state index is 0.138. The summed E-state index contributed by atoms with van der Waals surface area (Å²) in [5, 5.41) is 10.7. The molecule has 8 nitrogen and oxygen atoms in total. The first-order valence-corrected chi connectivity index (χ1v) is 7.43. The van der Waals surface area contributed by atoms with Gasteiger partial charge in [-0.3, -0.25) is 4.79 Å². The summed E-state index contributed by atoms with van der Waals surface area (Å²) < 4.78 is 14.7. The van der Waals surface area contributed by atoms with E-state index in [9.17, 15) is 9.18 Å². The Bertz CT molecular complexity index is 919. The molecule has 1 N–H and O–H groups in total. The summed E-state index contributed by atoms with van der Waals surface area (Å²) in [5.41, 5.74) is 1.72. The third kappa shape index (κ3) is 2.43. The van der Waals surface area contributed by atoms with E-state index in [1.54, 1.807) is 23.9 Å². The third-order valence-electron chi connectivity index (χ3n) is 4.01. The summed E-state index contributed by atoms with van der Waals surface area (Å²) in [6.45, 7) is 1.04. The number of rotatable bonds is 3. The van der Waals surface area contributed by atoms with Gasteiger partial charge in [0.1, 0.15) is 12.1 Å². The van der Waals surface area contributed by atoms with E-state index >= 15 is 0 Å². The number of hydrogen-bond donors (Lipinski definition) is 1. The number of halogens is 1. The zero-order chi connectivity index (χ0) is 16.7. The molecule has 4 rings (SSSR count). The number of nitrogens with zero attached hydrogens (tertiary/aromatic N) is 6. The van der Waals surface area contributed by atoms with Crippen molar-refractivity contribution >= 4 is 28.6 Å². The number of carbonyl (C=O) groups excluding carboxylic acids is 1. The Balaban J connectivity index is 1.45. The molecule has 0 saturated carbocycles. The van der Waals surface area contributed by atoms with Gasteiger partial charge in [0, 0.05) is 25.8 Å². The van der Waals surface area contributed by atoms with E-state index in [-0.39, 0.29) is 17.6 Å². The molecule has 24 heavy (non-hydrogen) atoms. The Morgan fingerprint density at radius 1 is 1.33 bits per heavy atom. The maximum Gasteiger partial charge on any atom is 0.231 e. The fourth-order valence-electron chi connectivity index (χ4n) is 2.70. The van der Waals surface area contributed by atoms with E-state index in [2.05, 4.69) is 25.6 Å². The number of aromatic nitrogens is 5. The SMILES string of the molecule is Cn1nnc2c(N3CC(C(=O)Nc4cccc(F)c4)C3)ncnc21. The van der Waals surface area contributed by atoms with E-state index in [0.717, 1.165) is 0 Å². The van der Waals surface area contributed by atoms with Crippen LogP contribution in [0.15, 0.2) is 30.6 Å². The fraction of sp³-hybridized carbons (Fsp3) is 0.267. The third-order valence-corrected chi connectivity index (χ3v) is 4.01. The second-order valence-corrected chi connectivity index (χ2v) is 5.68. The molecule has 0 atom stereocenters. The molecular weight excluding hydrogens is 313 g/mol. The van der Waals surface area contributed by atoms with Crippen LogP contribution in [0.2, 0.25) is 0 Å². The monoisotopic (exact) mass is 327 g/mol. The first kappa shape index (κ1) is 14.5. The smallest absolute Gasteiger partial charge is 0.231 e. The lowest BCUT2D eigenvalue weighted by Gasteiger charge is -2.38. The van der Waals surface area contributed by atoms with Gasteiger partial charge in [-0.05, 0) is 18.2 Å². The van der Waals surface area contributed by atoms with Crippen LogP contribution in [-0.2, 0) is 11.8 Å². The second kappa shape index (κ2) is 5.52. The summed E-state index contributed by atoms with van der Waals surface area (Å²) in [5.74, 6) is -0.0341. The maximum absolute atomic E-state index is 13.2. The molecule has 0 radical (unpaired) electrons. The molecular formula is C15H14FN7O. The quantitative estimate of drug-likeness (QED) is 0.771. The number of benzene rings is 1. The Kier molecular flexibility index (Phi) is 3.33. The average Bonchev–Trinajstić information content (AvgIpc) is 2.88. The van der Waals surface area contributed by atoms with Crippen molar-refractivity contribution in [1.82, 2.24) is 25.0 Å². The highest BCUT2D eigenvalue weighted by Crippen LogP contribution is 2.28. The van der Waals surface area contributed by atoms with E-state index in [0.29, 0.717) is 35.8 Å². The lowest BCUT2D eigenvalue weighted by Crippen LogP contribution is -2.52. The molecule has 3 aromatic rings. The molecule has 1 aliphatic rings. The minimum atomic E-state index is -0.380. The topological polar surface area (TPSA) is 88.8 Å². The molecule has 1 saturated heterocycles. The van der Waals surface area contributed by atoms with Crippen LogP contribution in [0.4, 0.5) is 15.9 Å². The van der Waals surface area contributed by atoms with Crippen LogP contribution in [0.3, 0.4) is 0 Å². The molecule has 0 aliphatic carbocycles. The van der Waals surface area contributed by atoms with Crippen molar-refractivity contribution in [2.45, 2.75) is 0 Å². The van der Waals surface area contributed by atoms with Crippen molar-refractivity contribution in [3.8, 4) is 0 Å². The Morgan fingerprint density at radius 3 is 2.96 bits per heavy atom. The van der Waals surface area contributed by atoms with Crippen molar-refractivity contribution in [1.29, 1.82) is 0 Å². The number of amides is 1. The van der Waals surface area contributed by atoms with Gasteiger partial charge < -0.3 is 10.2 Å². The highest BCUT2D eigenvalue weighted by molar-refractivity contribution is 5.95. The largest absolute Gasteiger partial charge is 0.353 e. The predicted molar refractivity (Wildman–Crippen MR) is 84.8 cm³/mol. The maximum atomic E-state index is 13.2. The highest BCUT2D eigenvalue weighted by atomic mass is 19.1. The highest BCUT2D eigenvalue weighted by Gasteiger charge is 2.35. The molecule has 122 valence electrons. The first-order valence-electron chi connectivity index (χ1n) is 7.43. The Hall–Kier alpha value is -3.10. The van der Waals surface area contributed by atoms with E-state index in [4.69, 9.17) is 0 Å². The number of hydrogen-bond acceptors (Lipinski definition) is 6. The van der Waals surface area contributed by atoms with Crippen LogP contribution < -0.4 is 10.2 Å². The number of anilines is 2. The van der Waals surface area contributed by atoms with Crippen LogP contribution in [0.5, 0.6) is 0 Å². The van der Waals surface area contributed by atoms with E-state index in [1.807, 2.05) is 4.90 Å². The molecule has 9 heteroatoms. The van der Waals surface area contributed by atoms with E-state index in [1.165, 1.54) is 18.5 Å². The van der Waals surface area contributed by atoms with Crippen LogP contribution in [0, 0.1) is 11.7 Å². The Labute approximate surface area is 136 Å². The fourth-order valence-corrected chi connectivity index (χ4v) is 2.70. The van der Waals surface area contributed by atoms with Gasteiger partial charge in [-0.2, -0.15) is 0 Å². The van der Waals surface area contributed by atoms with Crippen molar-refractivity contribution in [2.75, 3.05) is 23.3 Å². The minimum Gasteiger partial charge on any atom is -0.353 e. The second-order valence-electron chi connectivity index (χ2n) is 5.68. The average molecular weight is 327 g/mol. The van der Waals surface area contributed by atoms with Gasteiger partial charge >= 0.3 is 0 Å². The van der Waals surface area contributed by atoms with E-state index < -0.39 is 0 Å². The molecule has 1 fully saturated rings. The lowest BCUT2D eigenvalue weighted by molar-refractivity contribution is -0.120. The van der Waals surface area contributed by atoms with Crippen molar-refractivity contribution in [3.63, 3.8) is 0 Å². The summed E-state index contributed by atoms with van der Waals surface area (Å²) in [7, 11) is 1.76. The van der Waals surface area contributed by atoms with Crippen LogP contribution in [0.1, 0.15) is 0 Å². The summed E-state index contributed by atoms with van der Waals surface area (Å²) in [6, 6.07) is 5.85. The zero-order valence-electron chi connectivity index (χ0n) is 12.8. The van der Waals surface area contributed by atoms with Gasteiger partial charge in [-0.1, -0.05) is 11.3 Å². The predicted octanol–water partition coefficient (Wildman–Crippen LogP) is 0.972. The standard InChI is InChI=1S/C15H14FN7O/c1-22-13-12(20-21-22)14(18-8-17-13)23-6-9(7-23)15(24)19-11-4-2-3-10(16)5-11/h2-5,8-9H,6-7H2,1H3,(H,19,24). The molecule has 2 aromatic heterocycles. The summed E-state index contributed by atoms with van der Waals surface area (Å²) >= 11 is 0. The molecule has 1 aliphatic heterocycles. The van der Waals surface area contributed by atoms with Gasteiger partial charge in [-0.15, -0.1) is 5.10 Å². The summed E-state index contributed by atoms with van der Waals surface area (Å²) in [4.78, 5) is 22.6. The van der Waals surface area contributed by atoms with Gasteiger partial charge in [0.05, 0.1) is 5.92 Å². The van der Waals surface area contributed by atoms with Gasteiger partial charge in [0.15, 0.2) is 17.0 Å². The zero-order valence-corrected chi connectivity index (χ0v) is 12.8. The molecule has 0 unspecified atom stereocenters. The molecule has 1 aromatic carbocycles. The lowest BCUT2D eigenvalue weighted by atomic mass is 9.99. The first-order chi connectivity index (χ1) is 11.6. The van der Waals surface area contributed by atoms with Gasteiger partial charge in [0.25, 0.3) is 0 Å². The van der Waals surface area contributed by atoms with Crippen molar-refractivity contribution < 1.29 is 9.18 Å². The number of fused-ring (bicyclic) bond motifs is 1. The molecule has 3 heterocycles. The van der Waals surface area contributed by atoms with Crippen LogP contribution >= 0.6 is 0 Å². The number of nitrogens with one attached hydrogen (secondary N) is 1. The van der Waals surface area contributed by atoms with Gasteiger partial charge in [-0.25, -0.2) is 19.0 Å². The van der Waals surface area contributed by atoms with Crippen molar-refractivity contribution in [2.24, 2.45) is 13.0 Å².